The molecule has 0 unspecified atom stereocenters. The third kappa shape index (κ3) is 2.66. The molecule has 70 valence electrons. The molecule has 0 radical (unpaired) electrons. The molecule has 5 heteroatoms. The molecular formula is C8H11N3OS. The zero-order valence-electron chi connectivity index (χ0n) is 6.99. The van der Waals surface area contributed by atoms with Gasteiger partial charge < -0.3 is 5.73 Å². The average Bonchev–Trinajstić information content (AvgIpc) is 2.62. The highest BCUT2D eigenvalue weighted by Gasteiger charge is 2.04. The summed E-state index contributed by atoms with van der Waals surface area (Å²) in [5.74, 6) is 4.72. The van der Waals surface area contributed by atoms with Crippen LogP contribution in [0.25, 0.3) is 6.08 Å². The summed E-state index contributed by atoms with van der Waals surface area (Å²) in [5, 5.41) is 0. The molecule has 0 saturated carbocycles. The smallest absolute Gasteiger partial charge is 0.275 e. The molecule has 0 aromatic carbocycles. The van der Waals surface area contributed by atoms with Crippen molar-refractivity contribution in [2.24, 2.45) is 11.6 Å². The van der Waals surface area contributed by atoms with Crippen molar-refractivity contribution in [2.75, 3.05) is 6.54 Å². The Morgan fingerprint density at radius 2 is 2.38 bits per heavy atom. The Bertz CT molecular complexity index is 319. The molecule has 1 amide bonds. The van der Waals surface area contributed by atoms with E-state index >= 15 is 0 Å². The first-order valence-corrected chi connectivity index (χ1v) is 4.57. The van der Waals surface area contributed by atoms with Gasteiger partial charge in [0.1, 0.15) is 0 Å². The average molecular weight is 197 g/mol. The van der Waals surface area contributed by atoms with E-state index in [1.165, 1.54) is 11.3 Å². The number of nitrogens with two attached hydrogens (primary N) is 2. The van der Waals surface area contributed by atoms with Gasteiger partial charge in [-0.1, -0.05) is 6.08 Å². The lowest BCUT2D eigenvalue weighted by molar-refractivity contribution is 0.0957. The summed E-state index contributed by atoms with van der Waals surface area (Å²) >= 11 is 1.37. The van der Waals surface area contributed by atoms with Crippen LogP contribution in [-0.4, -0.2) is 12.5 Å². The lowest BCUT2D eigenvalue weighted by Gasteiger charge is -1.91. The molecule has 1 rings (SSSR count). The van der Waals surface area contributed by atoms with Gasteiger partial charge in [-0.15, -0.1) is 11.3 Å². The summed E-state index contributed by atoms with van der Waals surface area (Å²) in [7, 11) is 0. The van der Waals surface area contributed by atoms with Crippen LogP contribution in [0.4, 0.5) is 0 Å². The Labute approximate surface area is 80.2 Å². The van der Waals surface area contributed by atoms with Gasteiger partial charge in [0.05, 0.1) is 4.88 Å². The molecule has 0 spiro atoms. The van der Waals surface area contributed by atoms with E-state index in [1.807, 2.05) is 18.2 Å². The highest BCUT2D eigenvalue weighted by atomic mass is 32.1. The zero-order valence-corrected chi connectivity index (χ0v) is 7.80. The van der Waals surface area contributed by atoms with Crippen LogP contribution >= 0.6 is 11.3 Å². The topological polar surface area (TPSA) is 81.1 Å². The quantitative estimate of drug-likeness (QED) is 0.371. The number of hydrazine groups is 1. The second kappa shape index (κ2) is 4.76. The second-order valence-electron chi connectivity index (χ2n) is 2.31. The molecule has 0 aliphatic heterocycles. The van der Waals surface area contributed by atoms with Gasteiger partial charge in [0.25, 0.3) is 5.91 Å². The van der Waals surface area contributed by atoms with E-state index in [0.29, 0.717) is 11.4 Å². The number of hydrogen-bond donors (Lipinski definition) is 3. The zero-order chi connectivity index (χ0) is 9.68. The molecule has 1 aromatic rings. The first-order chi connectivity index (χ1) is 6.27. The minimum Gasteiger partial charge on any atom is -0.327 e. The number of nitrogens with one attached hydrogen (secondary N) is 1. The predicted molar refractivity (Wildman–Crippen MR) is 54.1 cm³/mol. The normalized spacial score (nSPS) is 10.6. The van der Waals surface area contributed by atoms with Gasteiger partial charge in [-0.05, 0) is 18.2 Å². The van der Waals surface area contributed by atoms with Crippen molar-refractivity contribution in [2.45, 2.75) is 0 Å². The molecule has 0 aliphatic rings. The molecule has 0 fully saturated rings. The number of nitrogen functional groups attached to an aromatic ring is 1. The van der Waals surface area contributed by atoms with Crippen LogP contribution in [0, 0.1) is 0 Å². The van der Waals surface area contributed by atoms with E-state index < -0.39 is 0 Å². The van der Waals surface area contributed by atoms with E-state index in [1.54, 1.807) is 6.07 Å². The fourth-order valence-corrected chi connectivity index (χ4v) is 1.66. The molecule has 0 aliphatic carbocycles. The highest BCUT2D eigenvalue weighted by molar-refractivity contribution is 7.14. The molecule has 1 aromatic heterocycles. The third-order valence-electron chi connectivity index (χ3n) is 1.40. The van der Waals surface area contributed by atoms with Crippen molar-refractivity contribution in [1.82, 2.24) is 5.43 Å². The van der Waals surface area contributed by atoms with Crippen molar-refractivity contribution in [3.8, 4) is 0 Å². The van der Waals surface area contributed by atoms with Gasteiger partial charge in [-0.3, -0.25) is 10.2 Å². The minimum atomic E-state index is -0.266. The van der Waals surface area contributed by atoms with Crippen LogP contribution in [0.15, 0.2) is 18.2 Å². The summed E-state index contributed by atoms with van der Waals surface area (Å²) in [6, 6.07) is 3.57. The molecule has 0 saturated heterocycles. The summed E-state index contributed by atoms with van der Waals surface area (Å²) in [6.07, 6.45) is 3.70. The summed E-state index contributed by atoms with van der Waals surface area (Å²) < 4.78 is 0. The minimum absolute atomic E-state index is 0.266. The Morgan fingerprint density at radius 3 is 3.00 bits per heavy atom. The summed E-state index contributed by atoms with van der Waals surface area (Å²) in [5.41, 5.74) is 7.36. The third-order valence-corrected chi connectivity index (χ3v) is 2.45. The molecule has 0 bridgehead atoms. The summed E-state index contributed by atoms with van der Waals surface area (Å²) in [4.78, 5) is 12.6. The van der Waals surface area contributed by atoms with Crippen molar-refractivity contribution < 1.29 is 4.79 Å². The maximum absolute atomic E-state index is 11.0. The van der Waals surface area contributed by atoms with E-state index in [-0.39, 0.29) is 5.91 Å². The second-order valence-corrected chi connectivity index (χ2v) is 3.43. The first kappa shape index (κ1) is 9.91. The summed E-state index contributed by atoms with van der Waals surface area (Å²) in [6.45, 7) is 0.496. The van der Waals surface area contributed by atoms with Crippen LogP contribution in [0.3, 0.4) is 0 Å². The van der Waals surface area contributed by atoms with Gasteiger partial charge in [0.2, 0.25) is 0 Å². The molecule has 5 N–H and O–H groups in total. The van der Waals surface area contributed by atoms with Gasteiger partial charge in [-0.2, -0.15) is 0 Å². The van der Waals surface area contributed by atoms with Crippen molar-refractivity contribution in [3.63, 3.8) is 0 Å². The van der Waals surface area contributed by atoms with Crippen LogP contribution in [0.1, 0.15) is 14.5 Å². The van der Waals surface area contributed by atoms with Crippen LogP contribution in [0.2, 0.25) is 0 Å². The lowest BCUT2D eigenvalue weighted by Crippen LogP contribution is -2.29. The fourth-order valence-electron chi connectivity index (χ4n) is 0.820. The van der Waals surface area contributed by atoms with Gasteiger partial charge in [0, 0.05) is 11.4 Å². The molecule has 0 atom stereocenters. The van der Waals surface area contributed by atoms with Crippen molar-refractivity contribution in [1.29, 1.82) is 0 Å². The Balaban J connectivity index is 2.74. The maximum atomic E-state index is 11.0. The van der Waals surface area contributed by atoms with E-state index in [2.05, 4.69) is 5.43 Å². The predicted octanol–water partition coefficient (Wildman–Crippen LogP) is 0.324. The largest absolute Gasteiger partial charge is 0.327 e. The fraction of sp³-hybridized carbons (Fsp3) is 0.125. The number of carbonyl (C=O) groups is 1. The number of thiophene rings is 1. The van der Waals surface area contributed by atoms with Crippen LogP contribution < -0.4 is 17.0 Å². The van der Waals surface area contributed by atoms with Crippen LogP contribution in [-0.2, 0) is 0 Å². The maximum Gasteiger partial charge on any atom is 0.275 e. The Morgan fingerprint density at radius 1 is 1.62 bits per heavy atom. The molecule has 1 heterocycles. The Kier molecular flexibility index (Phi) is 3.63. The number of hydrogen-bond acceptors (Lipinski definition) is 4. The van der Waals surface area contributed by atoms with Crippen molar-refractivity contribution >= 4 is 23.3 Å². The monoisotopic (exact) mass is 197 g/mol. The molecular weight excluding hydrogens is 186 g/mol. The van der Waals surface area contributed by atoms with Gasteiger partial charge in [0.15, 0.2) is 0 Å². The van der Waals surface area contributed by atoms with Gasteiger partial charge >= 0.3 is 0 Å². The highest BCUT2D eigenvalue weighted by Crippen LogP contribution is 2.17. The standard InChI is InChI=1S/C8H11N3OS/c9-5-1-2-6-3-4-7(13-6)8(12)11-10/h1-4H,5,9-10H2,(H,11,12). The van der Waals surface area contributed by atoms with E-state index in [9.17, 15) is 4.79 Å². The SMILES string of the molecule is NCC=Cc1ccc(C(=O)NN)s1. The number of amides is 1. The molecule has 4 nitrogen and oxygen atoms in total. The number of rotatable bonds is 3. The van der Waals surface area contributed by atoms with Crippen LogP contribution in [0.5, 0.6) is 0 Å². The van der Waals surface area contributed by atoms with Gasteiger partial charge in [-0.25, -0.2) is 5.84 Å². The molecule has 13 heavy (non-hydrogen) atoms. The lowest BCUT2D eigenvalue weighted by atomic mass is 10.4. The van der Waals surface area contributed by atoms with E-state index in [4.69, 9.17) is 11.6 Å². The first-order valence-electron chi connectivity index (χ1n) is 3.75. The van der Waals surface area contributed by atoms with Crippen molar-refractivity contribution in [3.05, 3.63) is 28.0 Å². The van der Waals surface area contributed by atoms with E-state index in [0.717, 1.165) is 4.88 Å². The Hall–Kier alpha value is -1.17. The number of carbonyl (C=O) groups excluding carboxylic acids is 1.